The second-order valence-corrected chi connectivity index (χ2v) is 5.11. The zero-order valence-electron chi connectivity index (χ0n) is 11.8. The molecule has 0 aliphatic carbocycles. The summed E-state index contributed by atoms with van der Waals surface area (Å²) in [6, 6.07) is 6.16. The summed E-state index contributed by atoms with van der Waals surface area (Å²) in [5.74, 6) is -0.0711. The first-order valence-corrected chi connectivity index (χ1v) is 6.62. The molecule has 0 bridgehead atoms. The van der Waals surface area contributed by atoms with Crippen molar-refractivity contribution in [2.75, 3.05) is 0 Å². The molecule has 0 aliphatic heterocycles. The minimum Gasteiger partial charge on any atom is -0.478 e. The average Bonchev–Trinajstić information content (AvgIpc) is 2.78. The zero-order chi connectivity index (χ0) is 14.7. The number of aliphatic carboxylic acids is 1. The average molecular weight is 273 g/mol. The van der Waals surface area contributed by atoms with E-state index in [2.05, 4.69) is 36.1 Å². The van der Waals surface area contributed by atoms with Crippen LogP contribution >= 0.6 is 0 Å². The van der Waals surface area contributed by atoms with Crippen molar-refractivity contribution >= 4 is 23.1 Å². The minimum atomic E-state index is -0.954. The van der Waals surface area contributed by atoms with Crippen LogP contribution in [-0.4, -0.2) is 27.1 Å². The number of carboxylic acid groups (broad SMARTS) is 1. The maximum Gasteiger partial charge on any atom is 0.328 e. The Hall–Kier alpha value is -2.14. The molecule has 0 saturated carbocycles. The van der Waals surface area contributed by atoms with Crippen LogP contribution in [0.4, 0.5) is 0 Å². The molecule has 0 aliphatic rings. The number of nitrogens with one attached hydrogen (secondary N) is 2. The fraction of sp³-hybridized carbons (Fsp3) is 0.333. The fourth-order valence-electron chi connectivity index (χ4n) is 2.10. The minimum absolute atomic E-state index is 0.139. The number of H-pyrrole nitrogens is 1. The highest BCUT2D eigenvalue weighted by Crippen LogP contribution is 2.18. The van der Waals surface area contributed by atoms with Crippen LogP contribution in [0.1, 0.15) is 38.2 Å². The summed E-state index contributed by atoms with van der Waals surface area (Å²) in [4.78, 5) is 18.3. The Morgan fingerprint density at radius 1 is 1.40 bits per heavy atom. The highest BCUT2D eigenvalue weighted by atomic mass is 16.4. The lowest BCUT2D eigenvalue weighted by atomic mass is 10.2. The van der Waals surface area contributed by atoms with E-state index in [9.17, 15) is 4.79 Å². The van der Waals surface area contributed by atoms with Gasteiger partial charge in [-0.3, -0.25) is 0 Å². The van der Waals surface area contributed by atoms with Crippen molar-refractivity contribution in [2.45, 2.75) is 32.9 Å². The van der Waals surface area contributed by atoms with Gasteiger partial charge in [-0.15, -0.1) is 0 Å². The third-order valence-corrected chi connectivity index (χ3v) is 2.94. The summed E-state index contributed by atoms with van der Waals surface area (Å²) in [5, 5.41) is 12.0. The van der Waals surface area contributed by atoms with Gasteiger partial charge in [0.15, 0.2) is 0 Å². The number of imidazole rings is 1. The Morgan fingerprint density at radius 2 is 2.15 bits per heavy atom. The molecule has 0 amide bonds. The van der Waals surface area contributed by atoms with Gasteiger partial charge in [0.1, 0.15) is 5.82 Å². The summed E-state index contributed by atoms with van der Waals surface area (Å²) in [6.07, 6.45) is 2.69. The van der Waals surface area contributed by atoms with Crippen LogP contribution in [0, 0.1) is 0 Å². The Balaban J connectivity index is 2.27. The second-order valence-electron chi connectivity index (χ2n) is 5.11. The first-order valence-electron chi connectivity index (χ1n) is 6.62. The van der Waals surface area contributed by atoms with E-state index >= 15 is 0 Å². The number of rotatable bonds is 5. The summed E-state index contributed by atoms with van der Waals surface area (Å²) in [7, 11) is 0. The van der Waals surface area contributed by atoms with Gasteiger partial charge in [0.25, 0.3) is 0 Å². The van der Waals surface area contributed by atoms with Crippen LogP contribution in [0.2, 0.25) is 0 Å². The van der Waals surface area contributed by atoms with Gasteiger partial charge in [-0.05, 0) is 30.7 Å². The monoisotopic (exact) mass is 273 g/mol. The van der Waals surface area contributed by atoms with E-state index in [4.69, 9.17) is 5.11 Å². The van der Waals surface area contributed by atoms with E-state index in [0.29, 0.717) is 6.04 Å². The molecule has 2 rings (SSSR count). The highest BCUT2D eigenvalue weighted by molar-refractivity contribution is 5.86. The molecular formula is C15H19N3O2. The van der Waals surface area contributed by atoms with Crippen LogP contribution < -0.4 is 5.32 Å². The fourth-order valence-corrected chi connectivity index (χ4v) is 2.10. The topological polar surface area (TPSA) is 78.0 Å². The van der Waals surface area contributed by atoms with Crippen LogP contribution in [0.15, 0.2) is 24.3 Å². The Bertz CT molecular complexity index is 644. The van der Waals surface area contributed by atoms with E-state index in [-0.39, 0.29) is 6.04 Å². The number of aromatic amines is 1. The molecule has 2 aromatic rings. The van der Waals surface area contributed by atoms with Crippen molar-refractivity contribution in [2.24, 2.45) is 0 Å². The molecule has 3 N–H and O–H groups in total. The molecule has 1 aromatic carbocycles. The molecule has 0 saturated heterocycles. The predicted molar refractivity (Wildman–Crippen MR) is 79.5 cm³/mol. The summed E-state index contributed by atoms with van der Waals surface area (Å²) in [5.41, 5.74) is 2.62. The number of carboxylic acids is 1. The number of nitrogens with zero attached hydrogens (tertiary/aromatic N) is 1. The van der Waals surface area contributed by atoms with E-state index in [1.165, 1.54) is 0 Å². The molecule has 1 heterocycles. The third-order valence-electron chi connectivity index (χ3n) is 2.94. The van der Waals surface area contributed by atoms with E-state index in [0.717, 1.165) is 28.5 Å². The van der Waals surface area contributed by atoms with Crippen molar-refractivity contribution in [1.82, 2.24) is 15.3 Å². The molecule has 1 atom stereocenters. The van der Waals surface area contributed by atoms with Crippen LogP contribution in [0.25, 0.3) is 17.1 Å². The predicted octanol–water partition coefficient (Wildman–Crippen LogP) is 2.72. The van der Waals surface area contributed by atoms with Gasteiger partial charge in [0.05, 0.1) is 17.1 Å². The van der Waals surface area contributed by atoms with Gasteiger partial charge in [0.2, 0.25) is 0 Å². The molecular weight excluding hydrogens is 254 g/mol. The lowest BCUT2D eigenvalue weighted by Gasteiger charge is -2.13. The zero-order valence-corrected chi connectivity index (χ0v) is 11.8. The highest BCUT2D eigenvalue weighted by Gasteiger charge is 2.11. The van der Waals surface area contributed by atoms with Crippen LogP contribution in [0.3, 0.4) is 0 Å². The largest absolute Gasteiger partial charge is 0.478 e. The maximum atomic E-state index is 10.5. The smallest absolute Gasteiger partial charge is 0.328 e. The Labute approximate surface area is 117 Å². The molecule has 106 valence electrons. The number of hydrogen-bond acceptors (Lipinski definition) is 3. The maximum absolute atomic E-state index is 10.5. The Morgan fingerprint density at radius 3 is 2.80 bits per heavy atom. The lowest BCUT2D eigenvalue weighted by Crippen LogP contribution is -2.26. The van der Waals surface area contributed by atoms with Crippen molar-refractivity contribution in [3.8, 4) is 0 Å². The first-order chi connectivity index (χ1) is 9.45. The van der Waals surface area contributed by atoms with Gasteiger partial charge < -0.3 is 15.4 Å². The normalized spacial score (nSPS) is 13.4. The number of fused-ring (bicyclic) bond motifs is 1. The molecule has 0 spiro atoms. The van der Waals surface area contributed by atoms with Crippen molar-refractivity contribution in [3.05, 3.63) is 35.7 Å². The van der Waals surface area contributed by atoms with Crippen molar-refractivity contribution in [3.63, 3.8) is 0 Å². The lowest BCUT2D eigenvalue weighted by molar-refractivity contribution is -0.131. The molecule has 5 heteroatoms. The van der Waals surface area contributed by atoms with Gasteiger partial charge in [-0.1, -0.05) is 19.9 Å². The van der Waals surface area contributed by atoms with Gasteiger partial charge in [-0.25, -0.2) is 9.78 Å². The quantitative estimate of drug-likeness (QED) is 0.732. The van der Waals surface area contributed by atoms with Gasteiger partial charge in [-0.2, -0.15) is 0 Å². The summed E-state index contributed by atoms with van der Waals surface area (Å²) >= 11 is 0. The SMILES string of the molecule is CC(C)N[C@@H](C)c1nc2ccc(/C=C/C(=O)O)cc2[nH]1. The summed E-state index contributed by atoms with van der Waals surface area (Å²) < 4.78 is 0. The molecule has 0 unspecified atom stereocenters. The molecule has 0 radical (unpaired) electrons. The van der Waals surface area contributed by atoms with Gasteiger partial charge in [0, 0.05) is 12.1 Å². The second kappa shape index (κ2) is 5.88. The van der Waals surface area contributed by atoms with E-state index in [1.54, 1.807) is 6.08 Å². The van der Waals surface area contributed by atoms with Gasteiger partial charge >= 0.3 is 5.97 Å². The van der Waals surface area contributed by atoms with E-state index < -0.39 is 5.97 Å². The van der Waals surface area contributed by atoms with Crippen LogP contribution in [-0.2, 0) is 4.79 Å². The Kier molecular flexibility index (Phi) is 4.20. The molecule has 20 heavy (non-hydrogen) atoms. The third kappa shape index (κ3) is 3.45. The number of benzene rings is 1. The number of aromatic nitrogens is 2. The standard InChI is InChI=1S/C15H19N3O2/c1-9(2)16-10(3)15-17-12-6-4-11(5-7-14(19)20)8-13(12)18-15/h4-10,16H,1-3H3,(H,17,18)(H,19,20)/b7-5+/t10-/m0/s1. The first kappa shape index (κ1) is 14.3. The molecule has 1 aromatic heterocycles. The van der Waals surface area contributed by atoms with E-state index in [1.807, 2.05) is 18.2 Å². The number of hydrogen-bond donors (Lipinski definition) is 3. The van der Waals surface area contributed by atoms with Crippen molar-refractivity contribution < 1.29 is 9.90 Å². The number of carbonyl (C=O) groups is 1. The van der Waals surface area contributed by atoms with Crippen LogP contribution in [0.5, 0.6) is 0 Å². The van der Waals surface area contributed by atoms with Crippen molar-refractivity contribution in [1.29, 1.82) is 0 Å². The summed E-state index contributed by atoms with van der Waals surface area (Å²) in [6.45, 7) is 6.24. The molecule has 0 fully saturated rings. The molecule has 5 nitrogen and oxygen atoms in total.